The van der Waals surface area contributed by atoms with E-state index in [-0.39, 0.29) is 11.0 Å². The van der Waals surface area contributed by atoms with Gasteiger partial charge in [-0.2, -0.15) is 9.78 Å². The van der Waals surface area contributed by atoms with E-state index in [4.69, 9.17) is 5.10 Å². The number of thioether (sulfide) groups is 1. The molecule has 0 fully saturated rings. The average Bonchev–Trinajstić information content (AvgIpc) is 2.98. The van der Waals surface area contributed by atoms with Crippen LogP contribution < -0.4 is 0 Å². The summed E-state index contributed by atoms with van der Waals surface area (Å²) in [6.45, 7) is 4.10. The molecule has 1 aliphatic rings. The quantitative estimate of drug-likeness (QED) is 0.775. The maximum atomic E-state index is 10.2. The maximum absolute atomic E-state index is 10.2. The minimum Gasteiger partial charge on any atom is -0.507 e. The molecule has 2 heterocycles. The molecule has 3 aromatic rings. The van der Waals surface area contributed by atoms with E-state index >= 15 is 0 Å². The molecule has 0 saturated carbocycles. The molecular weight excluding hydrogens is 320 g/mol. The van der Waals surface area contributed by atoms with Crippen molar-refractivity contribution >= 4 is 17.5 Å². The van der Waals surface area contributed by atoms with Crippen molar-refractivity contribution in [3.63, 3.8) is 0 Å². The van der Waals surface area contributed by atoms with Crippen molar-refractivity contribution in [2.45, 2.75) is 24.3 Å². The van der Waals surface area contributed by atoms with E-state index in [1.807, 2.05) is 49.4 Å². The molecule has 0 unspecified atom stereocenters. The summed E-state index contributed by atoms with van der Waals surface area (Å²) in [5, 5.41) is 24.4. The van der Waals surface area contributed by atoms with Crippen molar-refractivity contribution in [3.8, 4) is 17.1 Å². The fourth-order valence-corrected chi connectivity index (χ4v) is 3.70. The Bertz CT molecular complexity index is 948. The molecule has 0 saturated heterocycles. The van der Waals surface area contributed by atoms with Crippen LogP contribution in [0.3, 0.4) is 0 Å². The molecule has 5 nitrogen and oxygen atoms in total. The third-order valence-corrected chi connectivity index (χ3v) is 5.10. The molecule has 120 valence electrons. The topological polar surface area (TPSA) is 63.3 Å². The van der Waals surface area contributed by atoms with Crippen LogP contribution >= 0.6 is 11.8 Å². The van der Waals surface area contributed by atoms with Crippen LogP contribution in [0.5, 0.6) is 5.75 Å². The van der Waals surface area contributed by atoms with Gasteiger partial charge in [-0.1, -0.05) is 48.2 Å². The smallest absolute Gasteiger partial charge is 0.213 e. The molecule has 0 bridgehead atoms. The lowest BCUT2D eigenvalue weighted by molar-refractivity contribution is 0.474. The zero-order chi connectivity index (χ0) is 16.7. The summed E-state index contributed by atoms with van der Waals surface area (Å²) < 4.78 is 1.77. The Hall–Kier alpha value is -2.60. The first-order chi connectivity index (χ1) is 11.6. The number of aromatic hydroxyl groups is 1. The van der Waals surface area contributed by atoms with Gasteiger partial charge in [-0.3, -0.25) is 0 Å². The normalized spacial score (nSPS) is 16.6. The van der Waals surface area contributed by atoms with Crippen molar-refractivity contribution in [1.29, 1.82) is 0 Å². The summed E-state index contributed by atoms with van der Waals surface area (Å²) in [6, 6.07) is 15.3. The fraction of sp³-hybridized carbons (Fsp3) is 0.167. The van der Waals surface area contributed by atoms with Crippen LogP contribution in [0.15, 0.2) is 58.8 Å². The molecule has 1 aromatic heterocycles. The first-order valence-corrected chi connectivity index (χ1v) is 8.58. The summed E-state index contributed by atoms with van der Waals surface area (Å²) in [5.74, 6) is 0.952. The number of fused-ring (bicyclic) bond motifs is 1. The van der Waals surface area contributed by atoms with E-state index in [1.165, 1.54) is 0 Å². The monoisotopic (exact) mass is 336 g/mol. The van der Waals surface area contributed by atoms with Gasteiger partial charge >= 0.3 is 0 Å². The van der Waals surface area contributed by atoms with Gasteiger partial charge in [0, 0.05) is 11.1 Å². The van der Waals surface area contributed by atoms with Gasteiger partial charge in [-0.15, -0.1) is 10.2 Å². The standard InChI is InChI=1S/C18H16N4OS/c1-11-7-3-4-8-13(11)17-19-20-18-22(17)21-16(12(2)24-18)14-9-5-6-10-15(14)23/h3-10,12,23H,1-2H3/t12-/m0/s1. The second-order valence-electron chi connectivity index (χ2n) is 5.70. The number of hydrogen-bond donors (Lipinski definition) is 1. The summed E-state index contributed by atoms with van der Waals surface area (Å²) in [5.41, 5.74) is 3.69. The lowest BCUT2D eigenvalue weighted by atomic mass is 10.1. The first kappa shape index (κ1) is 15.0. The molecule has 0 spiro atoms. The molecule has 24 heavy (non-hydrogen) atoms. The Morgan fingerprint density at radius 1 is 1.00 bits per heavy atom. The lowest BCUT2D eigenvalue weighted by Gasteiger charge is -2.20. The largest absolute Gasteiger partial charge is 0.507 e. The van der Waals surface area contributed by atoms with E-state index in [1.54, 1.807) is 22.5 Å². The average molecular weight is 336 g/mol. The van der Waals surface area contributed by atoms with Crippen LogP contribution in [0, 0.1) is 6.92 Å². The number of para-hydroxylation sites is 1. The highest BCUT2D eigenvalue weighted by Crippen LogP contribution is 2.34. The number of benzene rings is 2. The zero-order valence-electron chi connectivity index (χ0n) is 13.3. The number of hydrogen-bond acceptors (Lipinski definition) is 5. The highest BCUT2D eigenvalue weighted by atomic mass is 32.2. The maximum Gasteiger partial charge on any atom is 0.213 e. The SMILES string of the molecule is Cc1ccccc1-c1nnc2n1N=C(c1ccccc1O)[C@H](C)S2. The number of phenolic OH excluding ortho intramolecular Hbond substituents is 1. The molecule has 0 radical (unpaired) electrons. The second-order valence-corrected chi connectivity index (χ2v) is 7.00. The predicted molar refractivity (Wildman–Crippen MR) is 95.6 cm³/mol. The molecule has 4 rings (SSSR count). The van der Waals surface area contributed by atoms with E-state index in [0.29, 0.717) is 0 Å². The van der Waals surface area contributed by atoms with Crippen LogP contribution in [0.4, 0.5) is 0 Å². The second kappa shape index (κ2) is 5.79. The van der Waals surface area contributed by atoms with E-state index in [9.17, 15) is 5.11 Å². The summed E-state index contributed by atoms with van der Waals surface area (Å²) in [6.07, 6.45) is 0. The Balaban J connectivity index is 1.89. The van der Waals surface area contributed by atoms with Crippen LogP contribution in [-0.2, 0) is 0 Å². The van der Waals surface area contributed by atoms with Crippen molar-refractivity contribution in [1.82, 2.24) is 14.9 Å². The molecule has 0 amide bonds. The van der Waals surface area contributed by atoms with E-state index in [0.717, 1.165) is 33.4 Å². The van der Waals surface area contributed by atoms with Crippen molar-refractivity contribution < 1.29 is 5.11 Å². The summed E-state index contributed by atoms with van der Waals surface area (Å²) >= 11 is 1.59. The highest BCUT2D eigenvalue weighted by Gasteiger charge is 2.27. The van der Waals surface area contributed by atoms with Crippen molar-refractivity contribution in [2.24, 2.45) is 5.10 Å². The third kappa shape index (κ3) is 2.39. The summed E-state index contributed by atoms with van der Waals surface area (Å²) in [7, 11) is 0. The number of nitrogens with zero attached hydrogens (tertiary/aromatic N) is 4. The van der Waals surface area contributed by atoms with Crippen LogP contribution in [0.25, 0.3) is 11.4 Å². The third-order valence-electron chi connectivity index (χ3n) is 4.05. The van der Waals surface area contributed by atoms with Gasteiger partial charge in [0.25, 0.3) is 0 Å². The molecule has 6 heteroatoms. The van der Waals surface area contributed by atoms with Gasteiger partial charge in [0.05, 0.1) is 11.0 Å². The molecule has 2 aromatic carbocycles. The Labute approximate surface area is 144 Å². The van der Waals surface area contributed by atoms with Crippen LogP contribution in [0.2, 0.25) is 0 Å². The molecule has 1 atom stereocenters. The Morgan fingerprint density at radius 2 is 1.71 bits per heavy atom. The Kier molecular flexibility index (Phi) is 3.61. The zero-order valence-corrected chi connectivity index (χ0v) is 14.2. The first-order valence-electron chi connectivity index (χ1n) is 7.70. The number of aromatic nitrogens is 3. The van der Waals surface area contributed by atoms with Crippen LogP contribution in [-0.4, -0.2) is 30.9 Å². The number of aryl methyl sites for hydroxylation is 1. The minimum absolute atomic E-state index is 0.0831. The molecule has 1 aliphatic heterocycles. The van der Waals surface area contributed by atoms with E-state index in [2.05, 4.69) is 17.1 Å². The van der Waals surface area contributed by atoms with Crippen LogP contribution in [0.1, 0.15) is 18.1 Å². The van der Waals surface area contributed by atoms with Crippen molar-refractivity contribution in [2.75, 3.05) is 0 Å². The number of rotatable bonds is 2. The van der Waals surface area contributed by atoms with Gasteiger partial charge in [-0.25, -0.2) is 0 Å². The highest BCUT2D eigenvalue weighted by molar-refractivity contribution is 8.00. The van der Waals surface area contributed by atoms with Gasteiger partial charge in [-0.05, 0) is 31.5 Å². The lowest BCUT2D eigenvalue weighted by Crippen LogP contribution is -2.21. The van der Waals surface area contributed by atoms with Gasteiger partial charge in [0.2, 0.25) is 5.16 Å². The van der Waals surface area contributed by atoms with Crippen molar-refractivity contribution in [3.05, 3.63) is 59.7 Å². The van der Waals surface area contributed by atoms with E-state index < -0.39 is 0 Å². The summed E-state index contributed by atoms with van der Waals surface area (Å²) in [4.78, 5) is 0. The molecular formula is C18H16N4OS. The van der Waals surface area contributed by atoms with Gasteiger partial charge in [0.1, 0.15) is 5.75 Å². The Morgan fingerprint density at radius 3 is 2.46 bits per heavy atom. The minimum atomic E-state index is 0.0831. The predicted octanol–water partition coefficient (Wildman–Crippen LogP) is 3.71. The number of phenols is 1. The van der Waals surface area contributed by atoms with Gasteiger partial charge < -0.3 is 5.11 Å². The molecule has 0 aliphatic carbocycles. The molecule has 1 N–H and O–H groups in total. The fourth-order valence-electron chi connectivity index (χ4n) is 2.79. The van der Waals surface area contributed by atoms with Gasteiger partial charge in [0.15, 0.2) is 5.82 Å².